The molecule has 2 rings (SSSR count). The van der Waals surface area contributed by atoms with Gasteiger partial charge in [-0.25, -0.2) is 0 Å². The highest BCUT2D eigenvalue weighted by Crippen LogP contribution is 2.32. The van der Waals surface area contributed by atoms with Gasteiger partial charge in [-0.3, -0.25) is 0 Å². The van der Waals surface area contributed by atoms with E-state index in [1.165, 1.54) is 77.0 Å². The van der Waals surface area contributed by atoms with E-state index in [1.54, 1.807) is 0 Å². The Hall–Kier alpha value is 0.270. The van der Waals surface area contributed by atoms with E-state index in [2.05, 4.69) is 24.1 Å². The number of ether oxygens (including phenoxy) is 1. The molecular formula is C18H35NOS. The molecule has 0 spiro atoms. The molecule has 0 radical (unpaired) electrons. The maximum atomic E-state index is 5.52. The highest BCUT2D eigenvalue weighted by molar-refractivity contribution is 8.00. The summed E-state index contributed by atoms with van der Waals surface area (Å²) in [6, 6.07) is 0.720. The fourth-order valence-corrected chi connectivity index (χ4v) is 5.43. The van der Waals surface area contributed by atoms with Gasteiger partial charge in [0.25, 0.3) is 0 Å². The highest BCUT2D eigenvalue weighted by Gasteiger charge is 2.25. The maximum absolute atomic E-state index is 5.52. The Bertz CT molecular complexity index is 256. The molecule has 2 fully saturated rings. The van der Waals surface area contributed by atoms with Crippen molar-refractivity contribution in [3.8, 4) is 0 Å². The van der Waals surface area contributed by atoms with Crippen LogP contribution < -0.4 is 5.32 Å². The molecule has 1 saturated carbocycles. The number of hydrogen-bond donors (Lipinski definition) is 1. The molecule has 1 aliphatic heterocycles. The van der Waals surface area contributed by atoms with Crippen molar-refractivity contribution < 1.29 is 4.74 Å². The van der Waals surface area contributed by atoms with Crippen LogP contribution in [0.4, 0.5) is 0 Å². The summed E-state index contributed by atoms with van der Waals surface area (Å²) in [5.74, 6) is 0. The molecule has 0 aromatic carbocycles. The smallest absolute Gasteiger partial charge is 0.0476 e. The second kappa shape index (κ2) is 10.9. The molecule has 1 heterocycles. The molecule has 2 unspecified atom stereocenters. The maximum Gasteiger partial charge on any atom is 0.0476 e. The van der Waals surface area contributed by atoms with Crippen molar-refractivity contribution in [1.29, 1.82) is 0 Å². The molecule has 124 valence electrons. The zero-order chi connectivity index (χ0) is 14.8. The van der Waals surface area contributed by atoms with Crippen LogP contribution in [-0.2, 0) is 4.74 Å². The van der Waals surface area contributed by atoms with Crippen molar-refractivity contribution in [1.82, 2.24) is 5.32 Å². The monoisotopic (exact) mass is 313 g/mol. The summed E-state index contributed by atoms with van der Waals surface area (Å²) in [5.41, 5.74) is 0. The van der Waals surface area contributed by atoms with Gasteiger partial charge in [0.2, 0.25) is 0 Å². The summed E-state index contributed by atoms with van der Waals surface area (Å²) in [7, 11) is 2.17. The minimum atomic E-state index is 0.720. The lowest BCUT2D eigenvalue weighted by atomic mass is 9.97. The lowest BCUT2D eigenvalue weighted by Crippen LogP contribution is -2.37. The summed E-state index contributed by atoms with van der Waals surface area (Å²) < 4.78 is 5.52. The predicted molar refractivity (Wildman–Crippen MR) is 94.2 cm³/mol. The molecule has 0 amide bonds. The Kier molecular flexibility index (Phi) is 9.15. The van der Waals surface area contributed by atoms with Gasteiger partial charge in [-0.05, 0) is 32.7 Å². The first-order valence-corrected chi connectivity index (χ1v) is 10.2. The van der Waals surface area contributed by atoms with Crippen LogP contribution in [0.3, 0.4) is 0 Å². The quantitative estimate of drug-likeness (QED) is 0.811. The summed E-state index contributed by atoms with van der Waals surface area (Å²) in [5, 5.41) is 5.30. The highest BCUT2D eigenvalue weighted by atomic mass is 32.2. The van der Waals surface area contributed by atoms with Crippen molar-refractivity contribution in [2.24, 2.45) is 0 Å². The van der Waals surface area contributed by atoms with Gasteiger partial charge >= 0.3 is 0 Å². The molecule has 0 aromatic heterocycles. The first-order chi connectivity index (χ1) is 10.4. The predicted octanol–water partition coefficient (Wildman–Crippen LogP) is 4.77. The zero-order valence-electron chi connectivity index (χ0n) is 13.9. The minimum Gasteiger partial charge on any atom is -0.381 e. The van der Waals surface area contributed by atoms with E-state index < -0.39 is 0 Å². The van der Waals surface area contributed by atoms with Gasteiger partial charge in [-0.15, -0.1) is 0 Å². The molecule has 0 aromatic rings. The first kappa shape index (κ1) is 17.6. The van der Waals surface area contributed by atoms with E-state index in [-0.39, 0.29) is 0 Å². The Morgan fingerprint density at radius 1 is 0.762 bits per heavy atom. The Morgan fingerprint density at radius 3 is 1.95 bits per heavy atom. The van der Waals surface area contributed by atoms with Crippen LogP contribution >= 0.6 is 11.8 Å². The van der Waals surface area contributed by atoms with Gasteiger partial charge in [0.1, 0.15) is 0 Å². The third-order valence-electron chi connectivity index (χ3n) is 5.11. The van der Waals surface area contributed by atoms with Crippen LogP contribution in [0.2, 0.25) is 0 Å². The molecule has 1 N–H and O–H groups in total. The van der Waals surface area contributed by atoms with Gasteiger partial charge in [0, 0.05) is 29.8 Å². The van der Waals surface area contributed by atoms with Crippen LogP contribution in [0, 0.1) is 0 Å². The van der Waals surface area contributed by atoms with E-state index in [0.717, 1.165) is 29.8 Å². The van der Waals surface area contributed by atoms with E-state index in [4.69, 9.17) is 4.74 Å². The Balaban J connectivity index is 1.86. The molecular weight excluding hydrogens is 278 g/mol. The van der Waals surface area contributed by atoms with Gasteiger partial charge in [0.15, 0.2) is 0 Å². The van der Waals surface area contributed by atoms with Crippen LogP contribution in [0.5, 0.6) is 0 Å². The fraction of sp³-hybridized carbons (Fsp3) is 1.00. The number of nitrogens with one attached hydrogen (secondary N) is 1. The summed E-state index contributed by atoms with van der Waals surface area (Å²) >= 11 is 2.28. The van der Waals surface area contributed by atoms with Crippen molar-refractivity contribution in [3.63, 3.8) is 0 Å². The lowest BCUT2D eigenvalue weighted by Gasteiger charge is -2.32. The number of thioether (sulfide) groups is 1. The first-order valence-electron chi connectivity index (χ1n) is 9.30. The fourth-order valence-electron chi connectivity index (χ4n) is 3.71. The summed E-state index contributed by atoms with van der Waals surface area (Å²) in [6.07, 6.45) is 16.9. The SMILES string of the molecule is CNC1CCCCCCCCCCC1SC1CCOCC1. The third-order valence-corrected chi connectivity index (χ3v) is 6.88. The normalized spacial score (nSPS) is 31.3. The van der Waals surface area contributed by atoms with Crippen molar-refractivity contribution in [2.45, 2.75) is 93.6 Å². The molecule has 1 saturated heterocycles. The number of hydrogen-bond acceptors (Lipinski definition) is 3. The van der Waals surface area contributed by atoms with Gasteiger partial charge in [0.05, 0.1) is 0 Å². The molecule has 2 aliphatic rings. The molecule has 1 aliphatic carbocycles. The topological polar surface area (TPSA) is 21.3 Å². The molecule has 0 bridgehead atoms. The van der Waals surface area contributed by atoms with Crippen LogP contribution in [0.15, 0.2) is 0 Å². The van der Waals surface area contributed by atoms with Crippen LogP contribution in [0.25, 0.3) is 0 Å². The Labute approximate surface area is 136 Å². The minimum absolute atomic E-state index is 0.720. The average molecular weight is 314 g/mol. The summed E-state index contributed by atoms with van der Waals surface area (Å²) in [6.45, 7) is 1.96. The molecule has 21 heavy (non-hydrogen) atoms. The van der Waals surface area contributed by atoms with E-state index in [0.29, 0.717) is 0 Å². The third kappa shape index (κ3) is 6.92. The van der Waals surface area contributed by atoms with E-state index >= 15 is 0 Å². The van der Waals surface area contributed by atoms with Crippen molar-refractivity contribution in [3.05, 3.63) is 0 Å². The molecule has 2 atom stereocenters. The van der Waals surface area contributed by atoms with Crippen LogP contribution in [-0.4, -0.2) is 36.8 Å². The second-order valence-corrected chi connectivity index (χ2v) is 8.33. The number of rotatable bonds is 3. The van der Waals surface area contributed by atoms with Gasteiger partial charge in [-0.2, -0.15) is 11.8 Å². The van der Waals surface area contributed by atoms with Crippen LogP contribution in [0.1, 0.15) is 77.0 Å². The standard InChI is InChI=1S/C18H35NOS/c1-19-17-10-8-6-4-2-3-5-7-9-11-18(17)21-16-12-14-20-15-13-16/h16-19H,2-15H2,1H3. The Morgan fingerprint density at radius 2 is 1.33 bits per heavy atom. The average Bonchev–Trinajstić information content (AvgIpc) is 2.51. The lowest BCUT2D eigenvalue weighted by molar-refractivity contribution is 0.0998. The molecule has 3 heteroatoms. The second-order valence-electron chi connectivity index (χ2n) is 6.79. The van der Waals surface area contributed by atoms with Crippen molar-refractivity contribution in [2.75, 3.05) is 20.3 Å². The molecule has 2 nitrogen and oxygen atoms in total. The van der Waals surface area contributed by atoms with Gasteiger partial charge < -0.3 is 10.1 Å². The largest absolute Gasteiger partial charge is 0.381 e. The van der Waals surface area contributed by atoms with Crippen molar-refractivity contribution >= 4 is 11.8 Å². The van der Waals surface area contributed by atoms with Gasteiger partial charge in [-0.1, -0.05) is 51.4 Å². The summed E-state index contributed by atoms with van der Waals surface area (Å²) in [4.78, 5) is 0. The van der Waals surface area contributed by atoms with E-state index in [9.17, 15) is 0 Å². The zero-order valence-corrected chi connectivity index (χ0v) is 14.8. The van der Waals surface area contributed by atoms with E-state index in [1.807, 2.05) is 0 Å².